The number of hydrogen-bond acceptors (Lipinski definition) is 4. The Kier molecular flexibility index (Phi) is 4.50. The lowest BCUT2D eigenvalue weighted by atomic mass is 9.98. The largest absolute Gasteiger partial charge is 0.375 e. The quantitative estimate of drug-likeness (QED) is 0.694. The molecule has 1 aliphatic rings. The van der Waals surface area contributed by atoms with Crippen LogP contribution in [-0.2, 0) is 14.3 Å². The van der Waals surface area contributed by atoms with Gasteiger partial charge in [-0.3, -0.25) is 4.79 Å². The van der Waals surface area contributed by atoms with Crippen molar-refractivity contribution in [1.29, 1.82) is 0 Å². The van der Waals surface area contributed by atoms with Crippen molar-refractivity contribution in [3.05, 3.63) is 0 Å². The van der Waals surface area contributed by atoms with Crippen molar-refractivity contribution in [2.45, 2.75) is 18.9 Å². The molecule has 1 fully saturated rings. The summed E-state index contributed by atoms with van der Waals surface area (Å²) in [6.45, 7) is 4.36. The van der Waals surface area contributed by atoms with E-state index < -0.39 is 0 Å². The zero-order valence-electron chi connectivity index (χ0n) is 9.49. The standard InChI is InChI=1S/C10H20N2O3/c1-3-10(7-11)8-12(4-5-15-10)9(13)6-14-2/h3-8,11H2,1-2H3. The predicted octanol–water partition coefficient (Wildman–Crippen LogP) is -0.401. The summed E-state index contributed by atoms with van der Waals surface area (Å²) in [6.07, 6.45) is 0.820. The summed E-state index contributed by atoms with van der Waals surface area (Å²) in [6, 6.07) is 0. The van der Waals surface area contributed by atoms with E-state index in [4.69, 9.17) is 15.2 Å². The fraction of sp³-hybridized carbons (Fsp3) is 0.900. The number of hydrogen-bond donors (Lipinski definition) is 1. The van der Waals surface area contributed by atoms with Crippen LogP contribution >= 0.6 is 0 Å². The van der Waals surface area contributed by atoms with Crippen molar-refractivity contribution in [2.75, 3.05) is 40.0 Å². The Morgan fingerprint density at radius 1 is 1.67 bits per heavy atom. The van der Waals surface area contributed by atoms with Gasteiger partial charge in [0.1, 0.15) is 6.61 Å². The molecule has 1 unspecified atom stereocenters. The van der Waals surface area contributed by atoms with E-state index in [1.165, 1.54) is 7.11 Å². The minimum atomic E-state index is -0.359. The van der Waals surface area contributed by atoms with Crippen molar-refractivity contribution in [3.8, 4) is 0 Å². The number of carbonyl (C=O) groups excluding carboxylic acids is 1. The molecule has 1 amide bonds. The smallest absolute Gasteiger partial charge is 0.248 e. The van der Waals surface area contributed by atoms with Gasteiger partial charge in [0.15, 0.2) is 0 Å². The molecule has 5 nitrogen and oxygen atoms in total. The lowest BCUT2D eigenvalue weighted by Crippen LogP contribution is -2.57. The molecule has 0 aromatic rings. The van der Waals surface area contributed by atoms with Crippen molar-refractivity contribution >= 4 is 5.91 Å². The van der Waals surface area contributed by atoms with Gasteiger partial charge >= 0.3 is 0 Å². The van der Waals surface area contributed by atoms with Crippen LogP contribution in [-0.4, -0.2) is 56.4 Å². The highest BCUT2D eigenvalue weighted by Gasteiger charge is 2.35. The van der Waals surface area contributed by atoms with Crippen LogP contribution in [0.5, 0.6) is 0 Å². The topological polar surface area (TPSA) is 64.8 Å². The Morgan fingerprint density at radius 2 is 2.40 bits per heavy atom. The number of methoxy groups -OCH3 is 1. The second-order valence-corrected chi connectivity index (χ2v) is 3.84. The molecular weight excluding hydrogens is 196 g/mol. The van der Waals surface area contributed by atoms with Gasteiger partial charge in [-0.05, 0) is 6.42 Å². The number of nitrogens with zero attached hydrogens (tertiary/aromatic N) is 1. The Bertz CT molecular complexity index is 217. The number of carbonyl (C=O) groups is 1. The van der Waals surface area contributed by atoms with Gasteiger partial charge in [0.25, 0.3) is 0 Å². The molecule has 0 bridgehead atoms. The number of amides is 1. The molecule has 0 spiro atoms. The van der Waals surface area contributed by atoms with Crippen LogP contribution in [0.4, 0.5) is 0 Å². The summed E-state index contributed by atoms with van der Waals surface area (Å²) < 4.78 is 10.5. The second-order valence-electron chi connectivity index (χ2n) is 3.84. The van der Waals surface area contributed by atoms with E-state index in [0.717, 1.165) is 6.42 Å². The SMILES string of the molecule is CCC1(CN)CN(C(=O)COC)CCO1. The van der Waals surface area contributed by atoms with Crippen LogP contribution in [0, 0.1) is 0 Å². The van der Waals surface area contributed by atoms with Crippen molar-refractivity contribution in [2.24, 2.45) is 5.73 Å². The van der Waals surface area contributed by atoms with Crippen LogP contribution in [0.1, 0.15) is 13.3 Å². The molecule has 1 aliphatic heterocycles. The van der Waals surface area contributed by atoms with E-state index in [9.17, 15) is 4.79 Å². The van der Waals surface area contributed by atoms with E-state index in [0.29, 0.717) is 26.2 Å². The third-order valence-electron chi connectivity index (χ3n) is 2.89. The first-order valence-electron chi connectivity index (χ1n) is 5.28. The maximum absolute atomic E-state index is 11.6. The second kappa shape index (κ2) is 5.44. The molecule has 1 heterocycles. The lowest BCUT2D eigenvalue weighted by Gasteiger charge is -2.41. The van der Waals surface area contributed by atoms with E-state index in [1.807, 2.05) is 6.92 Å². The van der Waals surface area contributed by atoms with Gasteiger partial charge in [0.2, 0.25) is 5.91 Å². The van der Waals surface area contributed by atoms with Gasteiger partial charge < -0.3 is 20.1 Å². The molecule has 5 heteroatoms. The highest BCUT2D eigenvalue weighted by molar-refractivity contribution is 5.77. The summed E-state index contributed by atoms with van der Waals surface area (Å²) in [4.78, 5) is 13.4. The van der Waals surface area contributed by atoms with Crippen LogP contribution in [0.2, 0.25) is 0 Å². The normalized spacial score (nSPS) is 26.7. The van der Waals surface area contributed by atoms with Gasteiger partial charge in [-0.25, -0.2) is 0 Å². The third-order valence-corrected chi connectivity index (χ3v) is 2.89. The van der Waals surface area contributed by atoms with Gasteiger partial charge in [0.05, 0.1) is 18.8 Å². The van der Waals surface area contributed by atoms with Gasteiger partial charge in [-0.1, -0.05) is 6.92 Å². The maximum Gasteiger partial charge on any atom is 0.248 e. The molecule has 1 atom stereocenters. The zero-order chi connectivity index (χ0) is 11.3. The van der Waals surface area contributed by atoms with E-state index >= 15 is 0 Å². The fourth-order valence-corrected chi connectivity index (χ4v) is 1.75. The molecule has 1 saturated heterocycles. The van der Waals surface area contributed by atoms with Crippen LogP contribution in [0.15, 0.2) is 0 Å². The van der Waals surface area contributed by atoms with E-state index in [-0.39, 0.29) is 18.1 Å². The van der Waals surface area contributed by atoms with Crippen LogP contribution < -0.4 is 5.73 Å². The molecule has 15 heavy (non-hydrogen) atoms. The first kappa shape index (κ1) is 12.4. The first-order chi connectivity index (χ1) is 7.17. The number of morpholine rings is 1. The van der Waals surface area contributed by atoms with Crippen molar-refractivity contribution in [1.82, 2.24) is 4.90 Å². The molecule has 1 rings (SSSR count). The minimum absolute atomic E-state index is 0.00655. The fourth-order valence-electron chi connectivity index (χ4n) is 1.75. The Morgan fingerprint density at radius 3 is 2.93 bits per heavy atom. The average molecular weight is 216 g/mol. The molecule has 0 radical (unpaired) electrons. The molecule has 0 aromatic heterocycles. The Balaban J connectivity index is 2.58. The highest BCUT2D eigenvalue weighted by Crippen LogP contribution is 2.20. The molecular formula is C10H20N2O3. The molecule has 88 valence electrons. The van der Waals surface area contributed by atoms with Crippen molar-refractivity contribution in [3.63, 3.8) is 0 Å². The summed E-state index contributed by atoms with van der Waals surface area (Å²) in [7, 11) is 1.52. The summed E-state index contributed by atoms with van der Waals surface area (Å²) in [5.41, 5.74) is 5.33. The number of ether oxygens (including phenoxy) is 2. The van der Waals surface area contributed by atoms with Crippen molar-refractivity contribution < 1.29 is 14.3 Å². The third kappa shape index (κ3) is 2.90. The van der Waals surface area contributed by atoms with Gasteiger partial charge in [0, 0.05) is 20.2 Å². The van der Waals surface area contributed by atoms with Crippen LogP contribution in [0.25, 0.3) is 0 Å². The summed E-state index contributed by atoms with van der Waals surface area (Å²) in [5.74, 6) is 0.00655. The van der Waals surface area contributed by atoms with Crippen LogP contribution in [0.3, 0.4) is 0 Å². The molecule has 0 saturated carbocycles. The molecule has 0 aliphatic carbocycles. The maximum atomic E-state index is 11.6. The minimum Gasteiger partial charge on any atom is -0.375 e. The average Bonchev–Trinajstić information content (AvgIpc) is 2.29. The molecule has 0 aromatic carbocycles. The van der Waals surface area contributed by atoms with Gasteiger partial charge in [-0.15, -0.1) is 0 Å². The Hall–Kier alpha value is -0.650. The zero-order valence-corrected chi connectivity index (χ0v) is 9.49. The first-order valence-corrected chi connectivity index (χ1v) is 5.28. The number of rotatable bonds is 4. The van der Waals surface area contributed by atoms with Gasteiger partial charge in [-0.2, -0.15) is 0 Å². The molecule has 2 N–H and O–H groups in total. The summed E-state index contributed by atoms with van der Waals surface area (Å²) >= 11 is 0. The monoisotopic (exact) mass is 216 g/mol. The highest BCUT2D eigenvalue weighted by atomic mass is 16.5. The van der Waals surface area contributed by atoms with E-state index in [1.54, 1.807) is 4.90 Å². The summed E-state index contributed by atoms with van der Waals surface area (Å²) in [5, 5.41) is 0. The van der Waals surface area contributed by atoms with E-state index in [2.05, 4.69) is 0 Å². The Labute approximate surface area is 90.5 Å². The predicted molar refractivity (Wildman–Crippen MR) is 56.5 cm³/mol. The number of nitrogens with two attached hydrogens (primary N) is 1. The lowest BCUT2D eigenvalue weighted by molar-refractivity contribution is -0.153.